The van der Waals surface area contributed by atoms with E-state index < -0.39 is 23.7 Å². The molecule has 0 saturated carbocycles. The van der Waals surface area contributed by atoms with Gasteiger partial charge in [0.25, 0.3) is 0 Å². The summed E-state index contributed by atoms with van der Waals surface area (Å²) in [4.78, 5) is 26.1. The van der Waals surface area contributed by atoms with Gasteiger partial charge in [-0.25, -0.2) is 14.6 Å². The summed E-state index contributed by atoms with van der Waals surface area (Å²) >= 11 is 0. The van der Waals surface area contributed by atoms with E-state index in [9.17, 15) is 22.8 Å². The van der Waals surface area contributed by atoms with Crippen molar-refractivity contribution in [3.8, 4) is 0 Å². The van der Waals surface area contributed by atoms with Crippen LogP contribution in [-0.4, -0.2) is 33.8 Å². The SMILES string of the molecule is Cc1nc(CNC(=O)NC(C)(C(=O)O)C(F)(F)F)oc1C. The van der Waals surface area contributed by atoms with Gasteiger partial charge in [0.2, 0.25) is 11.4 Å². The first-order chi connectivity index (χ1) is 9.47. The van der Waals surface area contributed by atoms with Gasteiger partial charge in [-0.1, -0.05) is 0 Å². The fourth-order valence-corrected chi connectivity index (χ4v) is 1.29. The number of rotatable bonds is 4. The molecule has 0 saturated heterocycles. The maximum Gasteiger partial charge on any atom is 0.422 e. The number of halogens is 3. The molecular formula is C11H14F3N3O4. The highest BCUT2D eigenvalue weighted by molar-refractivity contribution is 5.86. The molecule has 0 aliphatic rings. The molecular weight excluding hydrogens is 295 g/mol. The second-order valence-corrected chi connectivity index (χ2v) is 4.48. The minimum Gasteiger partial charge on any atom is -0.479 e. The monoisotopic (exact) mass is 309 g/mol. The van der Waals surface area contributed by atoms with Crippen molar-refractivity contribution in [2.75, 3.05) is 0 Å². The largest absolute Gasteiger partial charge is 0.479 e. The van der Waals surface area contributed by atoms with Gasteiger partial charge in [0, 0.05) is 0 Å². The van der Waals surface area contributed by atoms with Crippen molar-refractivity contribution in [3.63, 3.8) is 0 Å². The fraction of sp³-hybridized carbons (Fsp3) is 0.545. The van der Waals surface area contributed by atoms with Crippen LogP contribution in [0.4, 0.5) is 18.0 Å². The van der Waals surface area contributed by atoms with Gasteiger partial charge in [-0.3, -0.25) is 0 Å². The summed E-state index contributed by atoms with van der Waals surface area (Å²) < 4.78 is 43.2. The average Bonchev–Trinajstić information content (AvgIpc) is 2.64. The molecule has 0 fully saturated rings. The van der Waals surface area contributed by atoms with Crippen LogP contribution in [0.5, 0.6) is 0 Å². The van der Waals surface area contributed by atoms with E-state index >= 15 is 0 Å². The molecule has 2 amide bonds. The van der Waals surface area contributed by atoms with E-state index in [0.717, 1.165) is 0 Å². The standard InChI is InChI=1S/C11H14F3N3O4/c1-5-6(2)21-7(16-5)4-15-9(20)17-10(3,8(18)19)11(12,13)14/h4H2,1-3H3,(H,18,19)(H2,15,17,20). The third kappa shape index (κ3) is 3.64. The van der Waals surface area contributed by atoms with Gasteiger partial charge >= 0.3 is 18.2 Å². The topological polar surface area (TPSA) is 104 Å². The van der Waals surface area contributed by atoms with Crippen molar-refractivity contribution in [1.29, 1.82) is 0 Å². The Labute approximate surface area is 117 Å². The Morgan fingerprint density at radius 1 is 1.33 bits per heavy atom. The van der Waals surface area contributed by atoms with Crippen LogP contribution in [0.1, 0.15) is 24.3 Å². The minimum absolute atomic E-state index is 0.101. The summed E-state index contributed by atoms with van der Waals surface area (Å²) in [7, 11) is 0. The number of carbonyl (C=O) groups is 2. The van der Waals surface area contributed by atoms with E-state index in [0.29, 0.717) is 18.4 Å². The van der Waals surface area contributed by atoms with Gasteiger partial charge in [-0.2, -0.15) is 13.2 Å². The highest BCUT2D eigenvalue weighted by Crippen LogP contribution is 2.30. The molecule has 7 nitrogen and oxygen atoms in total. The second-order valence-electron chi connectivity index (χ2n) is 4.48. The predicted molar refractivity (Wildman–Crippen MR) is 63.4 cm³/mol. The number of hydrogen-bond acceptors (Lipinski definition) is 4. The van der Waals surface area contributed by atoms with E-state index in [1.54, 1.807) is 13.8 Å². The first-order valence-corrected chi connectivity index (χ1v) is 5.76. The summed E-state index contributed by atoms with van der Waals surface area (Å²) in [5.41, 5.74) is -2.81. The predicted octanol–water partition coefficient (Wildman–Crippen LogP) is 1.50. The van der Waals surface area contributed by atoms with Crippen LogP contribution < -0.4 is 10.6 Å². The number of aliphatic carboxylic acids is 1. The third-order valence-corrected chi connectivity index (χ3v) is 2.83. The number of urea groups is 1. The summed E-state index contributed by atoms with van der Waals surface area (Å²) in [6.07, 6.45) is -5.15. The lowest BCUT2D eigenvalue weighted by molar-refractivity contribution is -0.203. The number of carboxylic acids is 1. The number of carboxylic acid groups (broad SMARTS) is 1. The van der Waals surface area contributed by atoms with Crippen LogP contribution in [0.25, 0.3) is 0 Å². The van der Waals surface area contributed by atoms with E-state index in [1.165, 1.54) is 5.32 Å². The Kier molecular flexibility index (Phi) is 4.49. The number of nitrogens with one attached hydrogen (secondary N) is 2. The van der Waals surface area contributed by atoms with Gasteiger partial charge in [0.05, 0.1) is 12.2 Å². The van der Waals surface area contributed by atoms with Crippen LogP contribution in [0.15, 0.2) is 4.42 Å². The molecule has 0 aromatic carbocycles. The first kappa shape index (κ1) is 16.8. The average molecular weight is 309 g/mol. The molecule has 1 rings (SSSR count). The van der Waals surface area contributed by atoms with Crippen LogP contribution in [0.3, 0.4) is 0 Å². The molecule has 1 heterocycles. The number of aromatic nitrogens is 1. The molecule has 10 heteroatoms. The van der Waals surface area contributed by atoms with E-state index in [-0.39, 0.29) is 12.4 Å². The molecule has 1 unspecified atom stereocenters. The smallest absolute Gasteiger partial charge is 0.422 e. The number of nitrogens with zero attached hydrogens (tertiary/aromatic N) is 1. The zero-order valence-corrected chi connectivity index (χ0v) is 11.5. The van der Waals surface area contributed by atoms with E-state index in [2.05, 4.69) is 10.3 Å². The van der Waals surface area contributed by atoms with Gasteiger partial charge in [0.1, 0.15) is 5.76 Å². The molecule has 1 aromatic rings. The molecule has 0 spiro atoms. The van der Waals surface area contributed by atoms with Crippen molar-refractivity contribution in [3.05, 3.63) is 17.3 Å². The Balaban J connectivity index is 2.70. The molecule has 21 heavy (non-hydrogen) atoms. The van der Waals surface area contributed by atoms with Gasteiger partial charge in [-0.05, 0) is 20.8 Å². The Morgan fingerprint density at radius 3 is 2.29 bits per heavy atom. The number of hydrogen-bond donors (Lipinski definition) is 3. The summed E-state index contributed by atoms with van der Waals surface area (Å²) in [6, 6.07) is -1.30. The number of carbonyl (C=O) groups excluding carboxylic acids is 1. The van der Waals surface area contributed by atoms with E-state index in [1.807, 2.05) is 0 Å². The van der Waals surface area contributed by atoms with Crippen molar-refractivity contribution >= 4 is 12.0 Å². The van der Waals surface area contributed by atoms with Gasteiger partial charge in [0.15, 0.2) is 0 Å². The third-order valence-electron chi connectivity index (χ3n) is 2.83. The molecule has 1 aromatic heterocycles. The molecule has 0 aliphatic heterocycles. The zero-order valence-electron chi connectivity index (χ0n) is 11.5. The molecule has 0 radical (unpaired) electrons. The molecule has 0 aliphatic carbocycles. The molecule has 0 bridgehead atoms. The molecule has 1 atom stereocenters. The van der Waals surface area contributed by atoms with Crippen molar-refractivity contribution in [2.24, 2.45) is 0 Å². The minimum atomic E-state index is -5.15. The first-order valence-electron chi connectivity index (χ1n) is 5.76. The van der Waals surface area contributed by atoms with Crippen molar-refractivity contribution < 1.29 is 32.3 Å². The van der Waals surface area contributed by atoms with Crippen LogP contribution in [0, 0.1) is 13.8 Å². The number of alkyl halides is 3. The zero-order chi connectivity index (χ0) is 16.4. The summed E-state index contributed by atoms with van der Waals surface area (Å²) in [6.45, 7) is 3.38. The van der Waals surface area contributed by atoms with Crippen molar-refractivity contribution in [2.45, 2.75) is 39.0 Å². The second kappa shape index (κ2) is 5.62. The lowest BCUT2D eigenvalue weighted by Crippen LogP contribution is -2.63. The van der Waals surface area contributed by atoms with Gasteiger partial charge in [-0.15, -0.1) is 0 Å². The Hall–Kier alpha value is -2.26. The normalized spacial score (nSPS) is 14.4. The molecule has 3 N–H and O–H groups in total. The maximum atomic E-state index is 12.7. The summed E-state index contributed by atoms with van der Waals surface area (Å²) in [5, 5.41) is 12.1. The lowest BCUT2D eigenvalue weighted by Gasteiger charge is -2.28. The van der Waals surface area contributed by atoms with Crippen LogP contribution in [-0.2, 0) is 11.3 Å². The quantitative estimate of drug-likeness (QED) is 0.781. The molecule has 118 valence electrons. The van der Waals surface area contributed by atoms with Gasteiger partial charge < -0.3 is 20.2 Å². The van der Waals surface area contributed by atoms with Crippen LogP contribution >= 0.6 is 0 Å². The lowest BCUT2D eigenvalue weighted by atomic mass is 10.0. The highest BCUT2D eigenvalue weighted by Gasteiger charge is 2.58. The highest BCUT2D eigenvalue weighted by atomic mass is 19.4. The Bertz CT molecular complexity index is 536. The van der Waals surface area contributed by atoms with E-state index in [4.69, 9.17) is 9.52 Å². The van der Waals surface area contributed by atoms with Crippen LogP contribution in [0.2, 0.25) is 0 Å². The number of aryl methyl sites for hydroxylation is 2. The number of amides is 2. The van der Waals surface area contributed by atoms with Crippen molar-refractivity contribution in [1.82, 2.24) is 15.6 Å². The Morgan fingerprint density at radius 2 is 1.90 bits per heavy atom. The maximum absolute atomic E-state index is 12.7. The number of oxazole rings is 1. The fourth-order valence-electron chi connectivity index (χ4n) is 1.29. The summed E-state index contributed by atoms with van der Waals surface area (Å²) in [5.74, 6) is -1.60.